The highest BCUT2D eigenvalue weighted by molar-refractivity contribution is 6.31. The molecule has 0 aromatic heterocycles. The van der Waals surface area contributed by atoms with Crippen LogP contribution in [-0.4, -0.2) is 5.11 Å². The van der Waals surface area contributed by atoms with Crippen LogP contribution in [0.5, 0.6) is 5.75 Å². The van der Waals surface area contributed by atoms with E-state index in [1.165, 1.54) is 6.07 Å². The van der Waals surface area contributed by atoms with Gasteiger partial charge in [0, 0.05) is 11.1 Å². The second-order valence-corrected chi connectivity index (χ2v) is 4.69. The van der Waals surface area contributed by atoms with Crippen LogP contribution in [0.25, 0.3) is 21.9 Å². The van der Waals surface area contributed by atoms with Gasteiger partial charge in [-0.15, -0.1) is 0 Å². The van der Waals surface area contributed by atoms with Gasteiger partial charge in [0.05, 0.1) is 5.02 Å². The number of hydrogen-bond acceptors (Lipinski definition) is 1. The van der Waals surface area contributed by atoms with Crippen LogP contribution in [0, 0.1) is 5.82 Å². The predicted molar refractivity (Wildman–Crippen MR) is 76.0 cm³/mol. The van der Waals surface area contributed by atoms with Crippen LogP contribution in [0.15, 0.2) is 54.6 Å². The average molecular weight is 273 g/mol. The Morgan fingerprint density at radius 3 is 2.53 bits per heavy atom. The highest BCUT2D eigenvalue weighted by Crippen LogP contribution is 2.38. The quantitative estimate of drug-likeness (QED) is 0.660. The molecular formula is C16H10ClFO. The summed E-state index contributed by atoms with van der Waals surface area (Å²) in [6, 6.07) is 15.7. The van der Waals surface area contributed by atoms with Gasteiger partial charge in [-0.1, -0.05) is 54.1 Å². The van der Waals surface area contributed by atoms with Crippen LogP contribution in [-0.2, 0) is 0 Å². The summed E-state index contributed by atoms with van der Waals surface area (Å²) in [6.45, 7) is 0. The third-order valence-corrected chi connectivity index (χ3v) is 3.42. The first-order valence-corrected chi connectivity index (χ1v) is 6.21. The summed E-state index contributed by atoms with van der Waals surface area (Å²) in [5.74, 6) is -0.476. The van der Waals surface area contributed by atoms with Crippen molar-refractivity contribution in [3.05, 3.63) is 65.4 Å². The van der Waals surface area contributed by atoms with Crippen molar-refractivity contribution in [3.8, 4) is 16.9 Å². The topological polar surface area (TPSA) is 20.2 Å². The summed E-state index contributed by atoms with van der Waals surface area (Å²) in [5.41, 5.74) is 0.778. The van der Waals surface area contributed by atoms with E-state index in [1.807, 2.05) is 24.3 Å². The predicted octanol–water partition coefficient (Wildman–Crippen LogP) is 5.00. The number of fused-ring (bicyclic) bond motifs is 1. The molecule has 0 bridgehead atoms. The molecule has 0 unspecified atom stereocenters. The van der Waals surface area contributed by atoms with Gasteiger partial charge in [-0.05, 0) is 22.9 Å². The maximum absolute atomic E-state index is 14.2. The monoisotopic (exact) mass is 272 g/mol. The normalized spacial score (nSPS) is 10.8. The Kier molecular flexibility index (Phi) is 2.88. The number of aromatic hydroxyl groups is 1. The Labute approximate surface area is 114 Å². The van der Waals surface area contributed by atoms with E-state index >= 15 is 0 Å². The van der Waals surface area contributed by atoms with Gasteiger partial charge in [0.15, 0.2) is 0 Å². The Bertz CT molecular complexity index is 768. The lowest BCUT2D eigenvalue weighted by Crippen LogP contribution is -1.88. The Morgan fingerprint density at radius 2 is 1.68 bits per heavy atom. The van der Waals surface area contributed by atoms with Crippen molar-refractivity contribution in [3.63, 3.8) is 0 Å². The molecule has 19 heavy (non-hydrogen) atoms. The Hall–Kier alpha value is -2.06. The van der Waals surface area contributed by atoms with E-state index in [0.29, 0.717) is 11.1 Å². The zero-order valence-electron chi connectivity index (χ0n) is 9.90. The minimum atomic E-state index is -0.518. The summed E-state index contributed by atoms with van der Waals surface area (Å²) >= 11 is 5.81. The maximum Gasteiger partial charge on any atom is 0.149 e. The number of phenols is 1. The third kappa shape index (κ3) is 1.94. The van der Waals surface area contributed by atoms with E-state index in [2.05, 4.69) is 0 Å². The number of rotatable bonds is 1. The molecular weight excluding hydrogens is 263 g/mol. The number of phenolic OH excluding ortho intramolecular Hbond substituents is 1. The van der Waals surface area contributed by atoms with Gasteiger partial charge in [-0.25, -0.2) is 4.39 Å². The molecule has 0 radical (unpaired) electrons. The second kappa shape index (κ2) is 4.56. The van der Waals surface area contributed by atoms with Crippen LogP contribution in [0.4, 0.5) is 4.39 Å². The van der Waals surface area contributed by atoms with Crippen LogP contribution < -0.4 is 0 Å². The highest BCUT2D eigenvalue weighted by atomic mass is 35.5. The fourth-order valence-corrected chi connectivity index (χ4v) is 2.41. The second-order valence-electron chi connectivity index (χ2n) is 4.28. The molecule has 0 amide bonds. The first kappa shape index (κ1) is 12.0. The fraction of sp³-hybridized carbons (Fsp3) is 0. The van der Waals surface area contributed by atoms with Gasteiger partial charge >= 0.3 is 0 Å². The molecule has 0 saturated heterocycles. The van der Waals surface area contributed by atoms with Crippen LogP contribution in [0.2, 0.25) is 5.02 Å². The van der Waals surface area contributed by atoms with Crippen molar-refractivity contribution in [2.45, 2.75) is 0 Å². The molecule has 0 spiro atoms. The number of benzene rings is 3. The molecule has 0 fully saturated rings. The molecule has 0 aliphatic rings. The van der Waals surface area contributed by atoms with Gasteiger partial charge in [0.2, 0.25) is 0 Å². The van der Waals surface area contributed by atoms with Crippen LogP contribution in [0.1, 0.15) is 0 Å². The van der Waals surface area contributed by atoms with Crippen LogP contribution in [0.3, 0.4) is 0 Å². The van der Waals surface area contributed by atoms with Crippen molar-refractivity contribution in [1.29, 1.82) is 0 Å². The largest absolute Gasteiger partial charge is 0.507 e. The Balaban J connectivity index is 2.42. The zero-order valence-corrected chi connectivity index (χ0v) is 10.7. The summed E-state index contributed by atoms with van der Waals surface area (Å²) in [4.78, 5) is 0. The minimum Gasteiger partial charge on any atom is -0.507 e. The van der Waals surface area contributed by atoms with E-state index < -0.39 is 5.82 Å². The standard InChI is InChI=1S/C16H10ClFO/c17-13-7-3-6-12(16(13)18)15-11-5-2-1-4-10(11)8-9-14(15)19/h1-9,19H. The smallest absolute Gasteiger partial charge is 0.149 e. The van der Waals surface area contributed by atoms with E-state index in [9.17, 15) is 9.50 Å². The molecule has 3 aromatic rings. The molecule has 1 N–H and O–H groups in total. The van der Waals surface area contributed by atoms with E-state index in [1.54, 1.807) is 24.3 Å². The molecule has 1 nitrogen and oxygen atoms in total. The van der Waals surface area contributed by atoms with Crippen molar-refractivity contribution >= 4 is 22.4 Å². The summed E-state index contributed by atoms with van der Waals surface area (Å²) in [5, 5.41) is 11.8. The summed E-state index contributed by atoms with van der Waals surface area (Å²) in [6.07, 6.45) is 0. The SMILES string of the molecule is Oc1ccc2ccccc2c1-c1cccc(Cl)c1F. The van der Waals surface area contributed by atoms with Crippen molar-refractivity contribution in [2.24, 2.45) is 0 Å². The van der Waals surface area contributed by atoms with Crippen molar-refractivity contribution in [1.82, 2.24) is 0 Å². The van der Waals surface area contributed by atoms with Crippen molar-refractivity contribution < 1.29 is 9.50 Å². The fourth-order valence-electron chi connectivity index (χ4n) is 2.24. The van der Waals surface area contributed by atoms with Gasteiger partial charge in [0.25, 0.3) is 0 Å². The van der Waals surface area contributed by atoms with Gasteiger partial charge < -0.3 is 5.11 Å². The van der Waals surface area contributed by atoms with E-state index in [4.69, 9.17) is 11.6 Å². The number of hydrogen-bond donors (Lipinski definition) is 1. The van der Waals surface area contributed by atoms with E-state index in [0.717, 1.165) is 10.8 Å². The molecule has 3 aromatic carbocycles. The lowest BCUT2D eigenvalue weighted by Gasteiger charge is -2.11. The first-order chi connectivity index (χ1) is 9.18. The first-order valence-electron chi connectivity index (χ1n) is 5.83. The van der Waals surface area contributed by atoms with Gasteiger partial charge in [0.1, 0.15) is 11.6 Å². The molecule has 0 aliphatic carbocycles. The molecule has 3 rings (SSSR count). The van der Waals surface area contributed by atoms with Gasteiger partial charge in [-0.3, -0.25) is 0 Å². The summed E-state index contributed by atoms with van der Waals surface area (Å²) < 4.78 is 14.2. The minimum absolute atomic E-state index is 0.0415. The average Bonchev–Trinajstić information content (AvgIpc) is 2.43. The third-order valence-electron chi connectivity index (χ3n) is 3.13. The van der Waals surface area contributed by atoms with E-state index in [-0.39, 0.29) is 10.8 Å². The zero-order chi connectivity index (χ0) is 13.4. The lowest BCUT2D eigenvalue weighted by molar-refractivity contribution is 0.477. The maximum atomic E-state index is 14.2. The molecule has 3 heteroatoms. The molecule has 94 valence electrons. The summed E-state index contributed by atoms with van der Waals surface area (Å²) in [7, 11) is 0. The molecule has 0 aliphatic heterocycles. The van der Waals surface area contributed by atoms with Gasteiger partial charge in [-0.2, -0.15) is 0 Å². The molecule has 0 heterocycles. The number of halogens is 2. The molecule has 0 saturated carbocycles. The highest BCUT2D eigenvalue weighted by Gasteiger charge is 2.14. The lowest BCUT2D eigenvalue weighted by atomic mass is 9.97. The van der Waals surface area contributed by atoms with Crippen molar-refractivity contribution in [2.75, 3.05) is 0 Å². The van der Waals surface area contributed by atoms with Crippen LogP contribution >= 0.6 is 11.6 Å². The molecule has 0 atom stereocenters. The Morgan fingerprint density at radius 1 is 0.895 bits per heavy atom.